The lowest BCUT2D eigenvalue weighted by molar-refractivity contribution is -0.140. The predicted octanol–water partition coefficient (Wildman–Crippen LogP) is 3.44. The van der Waals surface area contributed by atoms with Gasteiger partial charge in [0.1, 0.15) is 0 Å². The number of alkyl halides is 2. The van der Waals surface area contributed by atoms with E-state index in [9.17, 15) is 13.6 Å². The Labute approximate surface area is 124 Å². The summed E-state index contributed by atoms with van der Waals surface area (Å²) in [6.45, 7) is 2.89. The van der Waals surface area contributed by atoms with Gasteiger partial charge in [-0.2, -0.15) is 0 Å². The molecule has 1 amide bonds. The summed E-state index contributed by atoms with van der Waals surface area (Å²) in [4.78, 5) is 14.2. The Balaban J connectivity index is 2.01. The average molecular weight is 296 g/mol. The Morgan fingerprint density at radius 3 is 2.52 bits per heavy atom. The van der Waals surface area contributed by atoms with Gasteiger partial charge in [0.15, 0.2) is 0 Å². The van der Waals surface area contributed by atoms with Crippen molar-refractivity contribution in [1.82, 2.24) is 4.90 Å². The highest BCUT2D eigenvalue weighted by Gasteiger charge is 2.38. The van der Waals surface area contributed by atoms with E-state index in [0.29, 0.717) is 18.8 Å². The molecule has 0 aromatic heterocycles. The Kier molecular flexibility index (Phi) is 4.80. The molecule has 0 radical (unpaired) electrons. The summed E-state index contributed by atoms with van der Waals surface area (Å²) in [5, 5.41) is 0. The van der Waals surface area contributed by atoms with Crippen molar-refractivity contribution in [3.63, 3.8) is 0 Å². The van der Waals surface area contributed by atoms with Gasteiger partial charge in [0.25, 0.3) is 0 Å². The number of carbonyl (C=O) groups is 1. The number of hydrogen-bond acceptors (Lipinski definition) is 2. The van der Waals surface area contributed by atoms with Gasteiger partial charge < -0.3 is 10.6 Å². The van der Waals surface area contributed by atoms with Gasteiger partial charge in [0, 0.05) is 37.5 Å². The van der Waals surface area contributed by atoms with Crippen LogP contribution in [0.2, 0.25) is 0 Å². The minimum atomic E-state index is -2.60. The molecule has 1 aromatic carbocycles. The van der Waals surface area contributed by atoms with Gasteiger partial charge in [-0.05, 0) is 31.4 Å². The maximum atomic E-state index is 13.2. The van der Waals surface area contributed by atoms with Gasteiger partial charge in [0.05, 0.1) is 0 Å². The van der Waals surface area contributed by atoms with Crippen LogP contribution in [-0.2, 0) is 11.3 Å². The van der Waals surface area contributed by atoms with Crippen LogP contribution in [-0.4, -0.2) is 23.3 Å². The molecule has 0 unspecified atom stereocenters. The van der Waals surface area contributed by atoms with Crippen molar-refractivity contribution in [1.29, 1.82) is 0 Å². The summed E-state index contributed by atoms with van der Waals surface area (Å²) >= 11 is 0. The number of anilines is 1. The van der Waals surface area contributed by atoms with Crippen LogP contribution in [0.15, 0.2) is 24.3 Å². The first-order valence-corrected chi connectivity index (χ1v) is 7.43. The van der Waals surface area contributed by atoms with E-state index in [1.807, 2.05) is 25.1 Å². The molecular weight excluding hydrogens is 274 g/mol. The standard InChI is InChI=1S/C16H22F2N2O/c1-2-20(11-13-5-3-4-6-14(13)19)15(21)12-7-9-16(17,18)10-8-12/h3-6,12H,2,7-11,19H2,1H3. The molecule has 1 aliphatic carbocycles. The van der Waals surface area contributed by atoms with Crippen LogP contribution in [0.25, 0.3) is 0 Å². The van der Waals surface area contributed by atoms with Crippen molar-refractivity contribution < 1.29 is 13.6 Å². The van der Waals surface area contributed by atoms with Gasteiger partial charge in [-0.1, -0.05) is 18.2 Å². The summed E-state index contributed by atoms with van der Waals surface area (Å²) in [5.74, 6) is -2.91. The summed E-state index contributed by atoms with van der Waals surface area (Å²) in [6.07, 6.45) is 0.169. The van der Waals surface area contributed by atoms with Crippen LogP contribution in [0, 0.1) is 5.92 Å². The van der Waals surface area contributed by atoms with E-state index in [4.69, 9.17) is 5.73 Å². The Hall–Kier alpha value is -1.65. The van der Waals surface area contributed by atoms with E-state index < -0.39 is 5.92 Å². The second-order valence-electron chi connectivity index (χ2n) is 5.68. The first-order valence-electron chi connectivity index (χ1n) is 7.43. The third-order valence-electron chi connectivity index (χ3n) is 4.18. The monoisotopic (exact) mass is 296 g/mol. The average Bonchev–Trinajstić information content (AvgIpc) is 2.46. The summed E-state index contributed by atoms with van der Waals surface area (Å²) in [6, 6.07) is 7.42. The molecule has 1 fully saturated rings. The molecule has 5 heteroatoms. The molecule has 0 spiro atoms. The fourth-order valence-electron chi connectivity index (χ4n) is 2.77. The normalized spacial score (nSPS) is 18.4. The lowest BCUT2D eigenvalue weighted by atomic mass is 9.86. The molecule has 2 rings (SSSR count). The zero-order valence-electron chi connectivity index (χ0n) is 12.3. The quantitative estimate of drug-likeness (QED) is 0.865. The van der Waals surface area contributed by atoms with Gasteiger partial charge in [-0.3, -0.25) is 4.79 Å². The van der Waals surface area contributed by atoms with Crippen LogP contribution in [0.1, 0.15) is 38.2 Å². The first kappa shape index (κ1) is 15.7. The minimum Gasteiger partial charge on any atom is -0.398 e. The molecule has 0 bridgehead atoms. The third kappa shape index (κ3) is 3.93. The molecule has 1 aliphatic rings. The molecule has 116 valence electrons. The minimum absolute atomic E-state index is 0.0312. The molecular formula is C16H22F2N2O. The maximum absolute atomic E-state index is 13.2. The molecule has 1 saturated carbocycles. The van der Waals surface area contributed by atoms with Crippen molar-refractivity contribution in [2.75, 3.05) is 12.3 Å². The Bertz CT molecular complexity index is 495. The number of nitrogens with zero attached hydrogens (tertiary/aromatic N) is 1. The number of carbonyl (C=O) groups excluding carboxylic acids is 1. The second kappa shape index (κ2) is 6.41. The fourth-order valence-corrected chi connectivity index (χ4v) is 2.77. The fraction of sp³-hybridized carbons (Fsp3) is 0.562. The molecule has 0 aliphatic heterocycles. The molecule has 0 heterocycles. The summed E-state index contributed by atoms with van der Waals surface area (Å²) < 4.78 is 26.4. The molecule has 1 aromatic rings. The number of halogens is 2. The van der Waals surface area contributed by atoms with Crippen molar-refractivity contribution >= 4 is 11.6 Å². The highest BCUT2D eigenvalue weighted by molar-refractivity contribution is 5.79. The Morgan fingerprint density at radius 1 is 1.33 bits per heavy atom. The second-order valence-corrected chi connectivity index (χ2v) is 5.68. The molecule has 2 N–H and O–H groups in total. The molecule has 0 saturated heterocycles. The van der Waals surface area contributed by atoms with Crippen LogP contribution >= 0.6 is 0 Å². The van der Waals surface area contributed by atoms with Gasteiger partial charge >= 0.3 is 0 Å². The maximum Gasteiger partial charge on any atom is 0.248 e. The predicted molar refractivity (Wildman–Crippen MR) is 78.9 cm³/mol. The topological polar surface area (TPSA) is 46.3 Å². The van der Waals surface area contributed by atoms with E-state index in [-0.39, 0.29) is 37.5 Å². The first-order chi connectivity index (χ1) is 9.93. The van der Waals surface area contributed by atoms with Crippen molar-refractivity contribution in [3.8, 4) is 0 Å². The SMILES string of the molecule is CCN(Cc1ccccc1N)C(=O)C1CCC(F)(F)CC1. The number of rotatable bonds is 4. The van der Waals surface area contributed by atoms with Crippen molar-refractivity contribution in [2.24, 2.45) is 5.92 Å². The van der Waals surface area contributed by atoms with Gasteiger partial charge in [-0.15, -0.1) is 0 Å². The van der Waals surface area contributed by atoms with E-state index >= 15 is 0 Å². The van der Waals surface area contributed by atoms with E-state index in [2.05, 4.69) is 0 Å². The highest BCUT2D eigenvalue weighted by atomic mass is 19.3. The molecule has 3 nitrogen and oxygen atoms in total. The van der Waals surface area contributed by atoms with E-state index in [1.165, 1.54) is 0 Å². The lowest BCUT2D eigenvalue weighted by Crippen LogP contribution is -2.39. The lowest BCUT2D eigenvalue weighted by Gasteiger charge is -2.31. The zero-order valence-corrected chi connectivity index (χ0v) is 12.3. The van der Waals surface area contributed by atoms with Crippen LogP contribution in [0.3, 0.4) is 0 Å². The van der Waals surface area contributed by atoms with Crippen LogP contribution in [0.5, 0.6) is 0 Å². The van der Waals surface area contributed by atoms with Crippen molar-refractivity contribution in [3.05, 3.63) is 29.8 Å². The number of para-hydroxylation sites is 1. The number of nitrogen functional groups attached to an aromatic ring is 1. The van der Waals surface area contributed by atoms with Crippen LogP contribution < -0.4 is 5.73 Å². The smallest absolute Gasteiger partial charge is 0.248 e. The summed E-state index contributed by atoms with van der Waals surface area (Å²) in [7, 11) is 0. The van der Waals surface area contributed by atoms with Crippen LogP contribution in [0.4, 0.5) is 14.5 Å². The van der Waals surface area contributed by atoms with E-state index in [1.54, 1.807) is 11.0 Å². The number of nitrogens with two attached hydrogens (primary N) is 1. The van der Waals surface area contributed by atoms with E-state index in [0.717, 1.165) is 5.56 Å². The van der Waals surface area contributed by atoms with Gasteiger partial charge in [-0.25, -0.2) is 8.78 Å². The number of benzene rings is 1. The third-order valence-corrected chi connectivity index (χ3v) is 4.18. The Morgan fingerprint density at radius 2 is 1.95 bits per heavy atom. The molecule has 21 heavy (non-hydrogen) atoms. The largest absolute Gasteiger partial charge is 0.398 e. The number of hydrogen-bond donors (Lipinski definition) is 1. The summed E-state index contributed by atoms with van der Waals surface area (Å²) in [5.41, 5.74) is 7.45. The zero-order chi connectivity index (χ0) is 15.5. The number of amides is 1. The highest BCUT2D eigenvalue weighted by Crippen LogP contribution is 2.37. The molecule has 0 atom stereocenters. The van der Waals surface area contributed by atoms with Gasteiger partial charge in [0.2, 0.25) is 11.8 Å². The van der Waals surface area contributed by atoms with Crippen molar-refractivity contribution in [2.45, 2.75) is 45.1 Å².